The fourth-order valence-corrected chi connectivity index (χ4v) is 1.41. The first-order valence-electron chi connectivity index (χ1n) is 6.84. The predicted molar refractivity (Wildman–Crippen MR) is 84.4 cm³/mol. The van der Waals surface area contributed by atoms with Crippen molar-refractivity contribution < 1.29 is 0 Å². The molecule has 0 aliphatic heterocycles. The van der Waals surface area contributed by atoms with E-state index < -0.39 is 0 Å². The summed E-state index contributed by atoms with van der Waals surface area (Å²) in [5, 5.41) is 0. The fraction of sp³-hybridized carbons (Fsp3) is 0.625. The molecule has 0 atom stereocenters. The maximum absolute atomic E-state index is 4.28. The van der Waals surface area contributed by atoms with Gasteiger partial charge in [-0.2, -0.15) is 0 Å². The van der Waals surface area contributed by atoms with Gasteiger partial charge in [-0.1, -0.05) is 59.9 Å². The summed E-state index contributed by atoms with van der Waals surface area (Å²) in [5.41, 5.74) is 2.66. The summed E-state index contributed by atoms with van der Waals surface area (Å²) in [4.78, 5) is 1.07. The van der Waals surface area contributed by atoms with E-state index in [9.17, 15) is 0 Å². The van der Waals surface area contributed by atoms with E-state index in [-0.39, 0.29) is 0 Å². The number of hydrogen-bond donors (Lipinski definition) is 1. The zero-order valence-corrected chi connectivity index (χ0v) is 13.4. The molecule has 1 heteroatoms. The normalized spacial score (nSPS) is 8.65. The van der Waals surface area contributed by atoms with Gasteiger partial charge in [0.15, 0.2) is 0 Å². The molecular formula is C16H30S. The molecule has 0 spiro atoms. The van der Waals surface area contributed by atoms with Crippen molar-refractivity contribution in [3.63, 3.8) is 0 Å². The molecule has 0 saturated heterocycles. The molecule has 0 nitrogen and oxygen atoms in total. The molecule has 0 aromatic heterocycles. The maximum atomic E-state index is 4.28. The highest BCUT2D eigenvalue weighted by molar-refractivity contribution is 7.80. The van der Waals surface area contributed by atoms with Gasteiger partial charge in [-0.15, -0.1) is 12.6 Å². The van der Waals surface area contributed by atoms with E-state index in [1.807, 2.05) is 0 Å². The molecule has 0 fully saturated rings. The minimum atomic E-state index is 1.07. The van der Waals surface area contributed by atoms with E-state index in [1.165, 1.54) is 30.4 Å². The highest BCUT2D eigenvalue weighted by atomic mass is 32.1. The Labute approximate surface area is 114 Å². The molecule has 1 aromatic carbocycles. The van der Waals surface area contributed by atoms with Crippen LogP contribution in [0.2, 0.25) is 0 Å². The summed E-state index contributed by atoms with van der Waals surface area (Å²) < 4.78 is 0. The zero-order chi connectivity index (χ0) is 13.7. The van der Waals surface area contributed by atoms with Gasteiger partial charge in [0.25, 0.3) is 0 Å². The molecule has 0 aliphatic carbocycles. The summed E-state index contributed by atoms with van der Waals surface area (Å²) in [6.45, 7) is 12.9. The Hall–Kier alpha value is -0.430. The summed E-state index contributed by atoms with van der Waals surface area (Å²) in [6.07, 6.45) is 4.98. The lowest BCUT2D eigenvalue weighted by molar-refractivity contribution is 0.886. The molecule has 1 rings (SSSR count). The molecule has 0 aliphatic rings. The first kappa shape index (κ1) is 18.9. The molecule has 0 N–H and O–H groups in total. The summed E-state index contributed by atoms with van der Waals surface area (Å²) in [6, 6.07) is 6.37. The van der Waals surface area contributed by atoms with E-state index in [2.05, 4.69) is 72.4 Å². The van der Waals surface area contributed by atoms with Crippen LogP contribution in [0, 0.1) is 6.92 Å². The number of hydrogen-bond acceptors (Lipinski definition) is 1. The van der Waals surface area contributed by atoms with E-state index in [4.69, 9.17) is 0 Å². The van der Waals surface area contributed by atoms with Crippen LogP contribution in [-0.2, 0) is 6.42 Å². The molecule has 0 amide bonds. The molecule has 0 unspecified atom stereocenters. The predicted octanol–water partition coefficient (Wildman–Crippen LogP) is 6.07. The van der Waals surface area contributed by atoms with Crippen molar-refractivity contribution in [3.8, 4) is 0 Å². The average Bonchev–Trinajstić information content (AvgIpc) is 2.29. The third kappa shape index (κ3) is 13.5. The monoisotopic (exact) mass is 254 g/mol. The van der Waals surface area contributed by atoms with Crippen LogP contribution in [0.3, 0.4) is 0 Å². The van der Waals surface area contributed by atoms with Crippen molar-refractivity contribution in [2.45, 2.75) is 72.1 Å². The minimum absolute atomic E-state index is 1.07. The zero-order valence-electron chi connectivity index (χ0n) is 12.5. The molecule has 100 valence electrons. The topological polar surface area (TPSA) is 0 Å². The second-order valence-electron chi connectivity index (χ2n) is 4.24. The van der Waals surface area contributed by atoms with Crippen LogP contribution < -0.4 is 0 Å². The van der Waals surface area contributed by atoms with Crippen molar-refractivity contribution in [2.75, 3.05) is 0 Å². The third-order valence-electron chi connectivity index (χ3n) is 2.03. The van der Waals surface area contributed by atoms with Crippen molar-refractivity contribution in [3.05, 3.63) is 29.3 Å². The quantitative estimate of drug-likeness (QED) is 0.608. The Kier molecular flexibility index (Phi) is 15.2. The Morgan fingerprint density at radius 1 is 0.882 bits per heavy atom. The van der Waals surface area contributed by atoms with Gasteiger partial charge in [0.05, 0.1) is 0 Å². The lowest BCUT2D eigenvalue weighted by Gasteiger charge is -1.99. The first-order valence-corrected chi connectivity index (χ1v) is 7.29. The van der Waals surface area contributed by atoms with Crippen LogP contribution in [0.4, 0.5) is 0 Å². The smallest absolute Gasteiger partial charge is 0.00453 e. The van der Waals surface area contributed by atoms with Crippen LogP contribution >= 0.6 is 12.6 Å². The first-order chi connectivity index (χ1) is 8.05. The highest BCUT2D eigenvalue weighted by Gasteiger charge is 1.91. The van der Waals surface area contributed by atoms with Gasteiger partial charge in [-0.05, 0) is 36.6 Å². The number of benzene rings is 1. The van der Waals surface area contributed by atoms with Crippen LogP contribution in [0.25, 0.3) is 0 Å². The Bertz CT molecular complexity index is 244. The van der Waals surface area contributed by atoms with Crippen LogP contribution in [0.5, 0.6) is 0 Å². The SMILES string of the molecule is CCC.CCCC.CCc1cc(C)cc(S)c1. The van der Waals surface area contributed by atoms with E-state index in [0.29, 0.717) is 0 Å². The number of rotatable bonds is 2. The third-order valence-corrected chi connectivity index (χ3v) is 2.29. The molecule has 0 saturated carbocycles. The highest BCUT2D eigenvalue weighted by Crippen LogP contribution is 2.12. The van der Waals surface area contributed by atoms with Gasteiger partial charge in [0, 0.05) is 4.90 Å². The number of thiol groups is 1. The molecular weight excluding hydrogens is 224 g/mol. The average molecular weight is 254 g/mol. The van der Waals surface area contributed by atoms with E-state index in [1.54, 1.807) is 0 Å². The summed E-state index contributed by atoms with van der Waals surface area (Å²) >= 11 is 4.28. The summed E-state index contributed by atoms with van der Waals surface area (Å²) in [7, 11) is 0. The molecule has 17 heavy (non-hydrogen) atoms. The van der Waals surface area contributed by atoms with Crippen molar-refractivity contribution >= 4 is 12.6 Å². The van der Waals surface area contributed by atoms with Gasteiger partial charge < -0.3 is 0 Å². The molecule has 1 aromatic rings. The van der Waals surface area contributed by atoms with Gasteiger partial charge >= 0.3 is 0 Å². The lowest BCUT2D eigenvalue weighted by Crippen LogP contribution is -1.81. The fourth-order valence-electron chi connectivity index (χ4n) is 1.04. The van der Waals surface area contributed by atoms with Crippen LogP contribution in [0.15, 0.2) is 23.1 Å². The number of aryl methyl sites for hydroxylation is 2. The lowest BCUT2D eigenvalue weighted by atomic mass is 10.1. The van der Waals surface area contributed by atoms with Crippen LogP contribution in [0.1, 0.15) is 65.0 Å². The second kappa shape index (κ2) is 13.6. The molecule has 0 bridgehead atoms. The minimum Gasteiger partial charge on any atom is -0.143 e. The van der Waals surface area contributed by atoms with E-state index >= 15 is 0 Å². The van der Waals surface area contributed by atoms with Gasteiger partial charge in [-0.3, -0.25) is 0 Å². The maximum Gasteiger partial charge on any atom is 0.00453 e. The summed E-state index contributed by atoms with van der Waals surface area (Å²) in [5.74, 6) is 0. The van der Waals surface area contributed by atoms with Gasteiger partial charge in [0.1, 0.15) is 0 Å². The largest absolute Gasteiger partial charge is 0.143 e. The second-order valence-corrected chi connectivity index (χ2v) is 4.75. The van der Waals surface area contributed by atoms with Crippen LogP contribution in [-0.4, -0.2) is 0 Å². The standard InChI is InChI=1S/C9H12S.C4H10.C3H8/c1-3-8-4-7(2)5-9(10)6-8;1-3-4-2;1-3-2/h4-6,10H,3H2,1-2H3;3-4H2,1-2H3;3H2,1-2H3. The van der Waals surface area contributed by atoms with Gasteiger partial charge in [0.2, 0.25) is 0 Å². The molecule has 0 radical (unpaired) electrons. The Balaban J connectivity index is 0. The Morgan fingerprint density at radius 2 is 1.35 bits per heavy atom. The number of unbranched alkanes of at least 4 members (excludes halogenated alkanes) is 1. The van der Waals surface area contributed by atoms with Crippen molar-refractivity contribution in [1.29, 1.82) is 0 Å². The molecule has 0 heterocycles. The van der Waals surface area contributed by atoms with Crippen molar-refractivity contribution in [2.24, 2.45) is 0 Å². The van der Waals surface area contributed by atoms with Gasteiger partial charge in [-0.25, -0.2) is 0 Å². The Morgan fingerprint density at radius 3 is 1.65 bits per heavy atom. The van der Waals surface area contributed by atoms with Crippen molar-refractivity contribution in [1.82, 2.24) is 0 Å². The van der Waals surface area contributed by atoms with E-state index in [0.717, 1.165) is 11.3 Å².